The van der Waals surface area contributed by atoms with E-state index >= 15 is 0 Å². The highest BCUT2D eigenvalue weighted by molar-refractivity contribution is 6.74. The molecule has 1 aromatic carbocycles. The molecule has 48 heavy (non-hydrogen) atoms. The van der Waals surface area contributed by atoms with Crippen molar-refractivity contribution in [1.82, 2.24) is 19.8 Å². The molecule has 258 valence electrons. The molecule has 2 aromatic heterocycles. The van der Waals surface area contributed by atoms with Gasteiger partial charge in [0.15, 0.2) is 14.1 Å². The summed E-state index contributed by atoms with van der Waals surface area (Å²) in [6.07, 6.45) is 7.22. The first-order valence-corrected chi connectivity index (χ1v) is 19.4. The third kappa shape index (κ3) is 9.60. The number of likely N-dealkylation sites (tertiary alicyclic amines) is 1. The van der Waals surface area contributed by atoms with Gasteiger partial charge in [0.25, 0.3) is 5.91 Å². The number of carbonyl (C=O) groups is 3. The topological polar surface area (TPSA) is 102 Å². The van der Waals surface area contributed by atoms with Crippen LogP contribution in [0.2, 0.25) is 11.6 Å². The van der Waals surface area contributed by atoms with E-state index in [4.69, 9.17) is 9.16 Å². The Morgan fingerprint density at radius 1 is 0.917 bits per heavy atom. The Balaban J connectivity index is 1.47. The molecule has 3 aromatic rings. The molecule has 0 saturated carbocycles. The maximum atomic E-state index is 13.7. The lowest BCUT2D eigenvalue weighted by molar-refractivity contribution is 0.00953. The van der Waals surface area contributed by atoms with Crippen molar-refractivity contribution >= 4 is 26.1 Å². The number of carbonyl (C=O) groups excluding carboxylic acids is 3. The van der Waals surface area contributed by atoms with E-state index < -0.39 is 13.9 Å². The van der Waals surface area contributed by atoms with Gasteiger partial charge in [0.2, 0.25) is 0 Å². The predicted octanol–water partition coefficient (Wildman–Crippen LogP) is 7.44. The summed E-state index contributed by atoms with van der Waals surface area (Å²) < 4.78 is 12.8. The number of hydrogen-bond acceptors (Lipinski definition) is 7. The van der Waals surface area contributed by atoms with E-state index in [1.165, 1.54) is 6.92 Å². The van der Waals surface area contributed by atoms with Gasteiger partial charge in [-0.15, -0.1) is 0 Å². The Labute approximate surface area is 287 Å². The molecule has 0 unspecified atom stereocenters. The van der Waals surface area contributed by atoms with Gasteiger partial charge in [0, 0.05) is 50.7 Å². The number of rotatable bonds is 11. The molecular formula is C38H52N4O5Si. The molecular weight excluding hydrogens is 621 g/mol. The van der Waals surface area contributed by atoms with Gasteiger partial charge in [-0.1, -0.05) is 45.0 Å². The van der Waals surface area contributed by atoms with Gasteiger partial charge in [-0.05, 0) is 98.6 Å². The summed E-state index contributed by atoms with van der Waals surface area (Å²) >= 11 is 0. The van der Waals surface area contributed by atoms with Gasteiger partial charge in [0.1, 0.15) is 11.3 Å². The molecule has 0 bridgehead atoms. The third-order valence-electron chi connectivity index (χ3n) is 9.29. The SMILES string of the molecule is CC(=O)c1ccc(C[Si@@](C)(OC[C@H]2CC[C@@H](Cc3ccc(C(=O)N(C)Cc4cccnc4)cc3)N2C(=O)OC(C)(C)C)C(C)(C)C)cn1. The second kappa shape index (κ2) is 15.1. The van der Waals surface area contributed by atoms with Crippen LogP contribution in [-0.4, -0.2) is 77.2 Å². The average molecular weight is 673 g/mol. The van der Waals surface area contributed by atoms with Crippen molar-refractivity contribution in [2.75, 3.05) is 13.7 Å². The second-order valence-electron chi connectivity index (χ2n) is 15.3. The highest BCUT2D eigenvalue weighted by Crippen LogP contribution is 2.40. The quantitative estimate of drug-likeness (QED) is 0.154. The summed E-state index contributed by atoms with van der Waals surface area (Å²) in [5.74, 6) is -0.115. The van der Waals surface area contributed by atoms with Crippen LogP contribution in [0.4, 0.5) is 4.79 Å². The number of pyridine rings is 2. The van der Waals surface area contributed by atoms with Crippen molar-refractivity contribution in [1.29, 1.82) is 0 Å². The number of amides is 2. The fourth-order valence-electron chi connectivity index (χ4n) is 5.99. The van der Waals surface area contributed by atoms with Crippen molar-refractivity contribution in [2.45, 2.75) is 110 Å². The van der Waals surface area contributed by atoms with Crippen LogP contribution in [0.3, 0.4) is 0 Å². The van der Waals surface area contributed by atoms with Gasteiger partial charge in [-0.25, -0.2) is 4.79 Å². The Kier molecular flexibility index (Phi) is 11.6. The summed E-state index contributed by atoms with van der Waals surface area (Å²) in [4.78, 5) is 50.7. The van der Waals surface area contributed by atoms with Crippen molar-refractivity contribution < 1.29 is 23.5 Å². The minimum absolute atomic E-state index is 0.0551. The Hall–Kier alpha value is -3.89. The summed E-state index contributed by atoms with van der Waals surface area (Å²) in [5.41, 5.74) is 3.51. The molecule has 1 aliphatic rings. The molecule has 0 spiro atoms. The normalized spacial score (nSPS) is 17.9. The minimum atomic E-state index is -2.41. The largest absolute Gasteiger partial charge is 0.444 e. The van der Waals surface area contributed by atoms with Crippen molar-refractivity contribution in [2.24, 2.45) is 0 Å². The van der Waals surface area contributed by atoms with Crippen LogP contribution in [0.1, 0.15) is 98.8 Å². The first-order chi connectivity index (χ1) is 22.5. The van der Waals surface area contributed by atoms with Crippen LogP contribution in [0.15, 0.2) is 67.1 Å². The molecule has 0 N–H and O–H groups in total. The van der Waals surface area contributed by atoms with Gasteiger partial charge >= 0.3 is 6.09 Å². The first kappa shape index (κ1) is 36.9. The molecule has 10 heteroatoms. The number of ketones is 1. The highest BCUT2D eigenvalue weighted by atomic mass is 28.4. The number of hydrogen-bond donors (Lipinski definition) is 0. The standard InChI is InChI=1S/C38H52N4O5Si/c1-27(43)34-19-14-30(23-40-34)26-48(9,38(5,6)7)46-25-33-18-17-32(42(33)36(45)47-37(2,3)4)21-28-12-15-31(16-13-28)35(44)41(8)24-29-11-10-20-39-22-29/h10-16,19-20,22-23,32-33H,17-18,21,24-26H2,1-9H3/t32-,33+,48+/m0/s1. The monoisotopic (exact) mass is 672 g/mol. The number of aromatic nitrogens is 2. The lowest BCUT2D eigenvalue weighted by Crippen LogP contribution is -2.51. The smallest absolute Gasteiger partial charge is 0.410 e. The molecule has 4 rings (SSSR count). The fraction of sp³-hybridized carbons (Fsp3) is 0.500. The van der Waals surface area contributed by atoms with E-state index in [0.717, 1.165) is 35.6 Å². The number of nitrogens with zero attached hydrogens (tertiary/aromatic N) is 4. The average Bonchev–Trinajstić information content (AvgIpc) is 3.42. The Bertz CT molecular complexity index is 1550. The number of Topliss-reactive ketones (excluding diaryl/α,β-unsaturated/α-hetero) is 1. The molecule has 3 atom stereocenters. The predicted molar refractivity (Wildman–Crippen MR) is 190 cm³/mol. The minimum Gasteiger partial charge on any atom is -0.444 e. The summed E-state index contributed by atoms with van der Waals surface area (Å²) in [6, 6.07) is 15.8. The lowest BCUT2D eigenvalue weighted by Gasteiger charge is -2.41. The maximum Gasteiger partial charge on any atom is 0.410 e. The van der Waals surface area contributed by atoms with E-state index in [1.54, 1.807) is 36.6 Å². The van der Waals surface area contributed by atoms with E-state index in [2.05, 4.69) is 37.3 Å². The van der Waals surface area contributed by atoms with Crippen molar-refractivity contribution in [3.8, 4) is 0 Å². The molecule has 1 aliphatic heterocycles. The zero-order valence-electron chi connectivity index (χ0n) is 30.1. The van der Waals surface area contributed by atoms with Crippen molar-refractivity contribution in [3.05, 3.63) is 95.1 Å². The van der Waals surface area contributed by atoms with Crippen molar-refractivity contribution in [3.63, 3.8) is 0 Å². The van der Waals surface area contributed by atoms with E-state index in [9.17, 15) is 14.4 Å². The zero-order valence-corrected chi connectivity index (χ0v) is 31.1. The van der Waals surface area contributed by atoms with E-state index in [-0.39, 0.29) is 34.9 Å². The van der Waals surface area contributed by atoms with E-state index in [1.807, 2.05) is 68.1 Å². The number of ether oxygens (including phenoxy) is 1. The van der Waals surface area contributed by atoms with Crippen LogP contribution < -0.4 is 0 Å². The van der Waals surface area contributed by atoms with Gasteiger partial charge < -0.3 is 14.1 Å². The van der Waals surface area contributed by atoms with Crippen LogP contribution >= 0.6 is 0 Å². The maximum absolute atomic E-state index is 13.7. The summed E-state index contributed by atoms with van der Waals surface area (Å²) in [7, 11) is -0.617. The van der Waals surface area contributed by atoms with E-state index in [0.29, 0.717) is 30.8 Å². The molecule has 0 radical (unpaired) electrons. The van der Waals surface area contributed by atoms with Gasteiger partial charge in [-0.2, -0.15) is 0 Å². The zero-order chi connectivity index (χ0) is 35.3. The Morgan fingerprint density at radius 3 is 2.15 bits per heavy atom. The molecule has 2 amide bonds. The third-order valence-corrected chi connectivity index (χ3v) is 14.4. The molecule has 9 nitrogen and oxygen atoms in total. The molecule has 1 saturated heterocycles. The number of benzene rings is 1. The molecule has 0 aliphatic carbocycles. The second-order valence-corrected chi connectivity index (χ2v) is 19.9. The molecule has 1 fully saturated rings. The molecule has 3 heterocycles. The van der Waals surface area contributed by atoms with Crippen LogP contribution in [-0.2, 0) is 28.2 Å². The highest BCUT2D eigenvalue weighted by Gasteiger charge is 2.45. The summed E-state index contributed by atoms with van der Waals surface area (Å²) in [5, 5.41) is -0.0910. The Morgan fingerprint density at radius 2 is 1.58 bits per heavy atom. The van der Waals surface area contributed by atoms with Gasteiger partial charge in [0.05, 0.1) is 12.6 Å². The van der Waals surface area contributed by atoms with Gasteiger partial charge in [-0.3, -0.25) is 24.5 Å². The van der Waals surface area contributed by atoms with Crippen LogP contribution in [0.25, 0.3) is 0 Å². The fourth-order valence-corrected chi connectivity index (χ4v) is 8.60. The van der Waals surface area contributed by atoms with Crippen LogP contribution in [0.5, 0.6) is 0 Å². The summed E-state index contributed by atoms with van der Waals surface area (Å²) in [6.45, 7) is 17.0. The first-order valence-electron chi connectivity index (χ1n) is 16.8. The van der Waals surface area contributed by atoms with Crippen LogP contribution in [0, 0.1) is 0 Å². The lowest BCUT2D eigenvalue weighted by atomic mass is 10.0.